The van der Waals surface area contributed by atoms with Crippen molar-refractivity contribution in [1.82, 2.24) is 9.80 Å². The zero-order valence-corrected chi connectivity index (χ0v) is 12.0. The molecule has 2 saturated heterocycles. The first-order valence-corrected chi connectivity index (χ1v) is 7.90. The predicted molar refractivity (Wildman–Crippen MR) is 76.7 cm³/mol. The molecule has 18 heavy (non-hydrogen) atoms. The molecule has 0 bridgehead atoms. The second-order valence-corrected chi connectivity index (χ2v) is 6.74. The van der Waals surface area contributed by atoms with Crippen LogP contribution >= 0.6 is 0 Å². The smallest absolute Gasteiger partial charge is 0.0249 e. The SMILES string of the molecule is CC(C)C1CN2CCCC2CN1C1CC=CCC1. The molecular formula is C16H28N2. The van der Waals surface area contributed by atoms with Crippen LogP contribution in [0.2, 0.25) is 0 Å². The van der Waals surface area contributed by atoms with Crippen LogP contribution in [0.5, 0.6) is 0 Å². The average Bonchev–Trinajstić information content (AvgIpc) is 2.85. The van der Waals surface area contributed by atoms with Crippen LogP contribution in [-0.2, 0) is 0 Å². The topological polar surface area (TPSA) is 6.48 Å². The summed E-state index contributed by atoms with van der Waals surface area (Å²) in [5.74, 6) is 0.789. The summed E-state index contributed by atoms with van der Waals surface area (Å²) in [5.41, 5.74) is 0. The molecule has 3 rings (SSSR count). The molecule has 3 unspecified atom stereocenters. The van der Waals surface area contributed by atoms with Gasteiger partial charge in [-0.1, -0.05) is 26.0 Å². The van der Waals surface area contributed by atoms with E-state index >= 15 is 0 Å². The van der Waals surface area contributed by atoms with E-state index in [4.69, 9.17) is 0 Å². The lowest BCUT2D eigenvalue weighted by Crippen LogP contribution is -2.60. The molecule has 2 fully saturated rings. The highest BCUT2D eigenvalue weighted by Gasteiger charge is 2.39. The zero-order chi connectivity index (χ0) is 12.5. The van der Waals surface area contributed by atoms with Crippen LogP contribution in [0, 0.1) is 5.92 Å². The number of rotatable bonds is 2. The minimum atomic E-state index is 0.788. The number of hydrogen-bond donors (Lipinski definition) is 0. The van der Waals surface area contributed by atoms with Crippen molar-refractivity contribution in [1.29, 1.82) is 0 Å². The Labute approximate surface area is 112 Å². The fourth-order valence-corrected chi connectivity index (χ4v) is 4.16. The number of nitrogens with zero attached hydrogens (tertiary/aromatic N) is 2. The average molecular weight is 248 g/mol. The van der Waals surface area contributed by atoms with Gasteiger partial charge < -0.3 is 0 Å². The predicted octanol–water partition coefficient (Wildman–Crippen LogP) is 2.90. The van der Waals surface area contributed by atoms with E-state index in [1.165, 1.54) is 51.7 Å². The van der Waals surface area contributed by atoms with Crippen molar-refractivity contribution in [2.24, 2.45) is 5.92 Å². The van der Waals surface area contributed by atoms with Gasteiger partial charge in [-0.2, -0.15) is 0 Å². The van der Waals surface area contributed by atoms with Gasteiger partial charge in [0, 0.05) is 31.2 Å². The van der Waals surface area contributed by atoms with Gasteiger partial charge in [0.2, 0.25) is 0 Å². The number of hydrogen-bond acceptors (Lipinski definition) is 2. The summed E-state index contributed by atoms with van der Waals surface area (Å²) in [4.78, 5) is 5.64. The lowest BCUT2D eigenvalue weighted by Gasteiger charge is -2.49. The highest BCUT2D eigenvalue weighted by Crippen LogP contribution is 2.31. The Balaban J connectivity index is 1.74. The first-order chi connectivity index (χ1) is 8.75. The molecule has 0 N–H and O–H groups in total. The first-order valence-electron chi connectivity index (χ1n) is 7.90. The Kier molecular flexibility index (Phi) is 3.76. The van der Waals surface area contributed by atoms with Gasteiger partial charge in [0.15, 0.2) is 0 Å². The van der Waals surface area contributed by atoms with Crippen LogP contribution in [0.15, 0.2) is 12.2 Å². The lowest BCUT2D eigenvalue weighted by molar-refractivity contribution is -0.00233. The van der Waals surface area contributed by atoms with Crippen molar-refractivity contribution >= 4 is 0 Å². The van der Waals surface area contributed by atoms with Crippen LogP contribution < -0.4 is 0 Å². The number of piperazine rings is 1. The molecule has 0 aromatic heterocycles. The minimum Gasteiger partial charge on any atom is -0.298 e. The van der Waals surface area contributed by atoms with Gasteiger partial charge in [-0.15, -0.1) is 0 Å². The Morgan fingerprint density at radius 3 is 2.67 bits per heavy atom. The monoisotopic (exact) mass is 248 g/mol. The molecule has 2 nitrogen and oxygen atoms in total. The molecular weight excluding hydrogens is 220 g/mol. The van der Waals surface area contributed by atoms with E-state index in [-0.39, 0.29) is 0 Å². The molecule has 2 heterocycles. The first kappa shape index (κ1) is 12.7. The van der Waals surface area contributed by atoms with Gasteiger partial charge in [0.05, 0.1) is 0 Å². The van der Waals surface area contributed by atoms with Crippen molar-refractivity contribution in [2.45, 2.75) is 64.1 Å². The second-order valence-electron chi connectivity index (χ2n) is 6.74. The van der Waals surface area contributed by atoms with Gasteiger partial charge >= 0.3 is 0 Å². The lowest BCUT2D eigenvalue weighted by atomic mass is 9.91. The highest BCUT2D eigenvalue weighted by atomic mass is 15.3. The summed E-state index contributed by atoms with van der Waals surface area (Å²) in [6.45, 7) is 8.83. The molecule has 0 aromatic carbocycles. The van der Waals surface area contributed by atoms with E-state index in [9.17, 15) is 0 Å². The van der Waals surface area contributed by atoms with Gasteiger partial charge in [0.1, 0.15) is 0 Å². The zero-order valence-electron chi connectivity index (χ0n) is 12.0. The highest BCUT2D eigenvalue weighted by molar-refractivity contribution is 5.00. The van der Waals surface area contributed by atoms with Gasteiger partial charge in [-0.05, 0) is 44.6 Å². The van der Waals surface area contributed by atoms with Crippen molar-refractivity contribution in [3.8, 4) is 0 Å². The molecule has 2 heteroatoms. The van der Waals surface area contributed by atoms with Crippen LogP contribution in [0.4, 0.5) is 0 Å². The summed E-state index contributed by atoms with van der Waals surface area (Å²) in [6.07, 6.45) is 11.6. The van der Waals surface area contributed by atoms with E-state index in [2.05, 4.69) is 35.8 Å². The van der Waals surface area contributed by atoms with E-state index < -0.39 is 0 Å². The Morgan fingerprint density at radius 2 is 1.94 bits per heavy atom. The Bertz CT molecular complexity index is 310. The summed E-state index contributed by atoms with van der Waals surface area (Å²) in [7, 11) is 0. The molecule has 0 radical (unpaired) electrons. The van der Waals surface area contributed by atoms with Crippen LogP contribution in [-0.4, -0.2) is 47.6 Å². The molecule has 2 aliphatic heterocycles. The molecule has 0 amide bonds. The van der Waals surface area contributed by atoms with Gasteiger partial charge in [0.25, 0.3) is 0 Å². The van der Waals surface area contributed by atoms with Crippen LogP contribution in [0.25, 0.3) is 0 Å². The molecule has 102 valence electrons. The normalized spacial score (nSPS) is 38.3. The summed E-state index contributed by atoms with van der Waals surface area (Å²) < 4.78 is 0. The third kappa shape index (κ3) is 2.37. The fourth-order valence-electron chi connectivity index (χ4n) is 4.16. The molecule has 0 aromatic rings. The number of allylic oxidation sites excluding steroid dienone is 1. The summed E-state index contributed by atoms with van der Waals surface area (Å²) in [5, 5.41) is 0. The third-order valence-corrected chi connectivity index (χ3v) is 5.25. The van der Waals surface area contributed by atoms with Crippen LogP contribution in [0.3, 0.4) is 0 Å². The summed E-state index contributed by atoms with van der Waals surface area (Å²) >= 11 is 0. The number of fused-ring (bicyclic) bond motifs is 1. The van der Waals surface area contributed by atoms with E-state index in [1.807, 2.05) is 0 Å². The summed E-state index contributed by atoms with van der Waals surface area (Å²) in [6, 6.07) is 2.48. The second kappa shape index (κ2) is 5.34. The molecule has 3 atom stereocenters. The van der Waals surface area contributed by atoms with Crippen molar-refractivity contribution in [3.63, 3.8) is 0 Å². The molecule has 0 spiro atoms. The molecule has 0 saturated carbocycles. The minimum absolute atomic E-state index is 0.788. The molecule has 3 aliphatic rings. The van der Waals surface area contributed by atoms with Gasteiger partial charge in [-0.3, -0.25) is 9.80 Å². The van der Waals surface area contributed by atoms with Crippen molar-refractivity contribution < 1.29 is 0 Å². The maximum absolute atomic E-state index is 2.88. The standard InChI is InChI=1S/C16H28N2/c1-13(2)16-12-17-10-6-9-15(17)11-18(16)14-7-4-3-5-8-14/h3-4,13-16H,5-12H2,1-2H3. The van der Waals surface area contributed by atoms with Gasteiger partial charge in [-0.25, -0.2) is 0 Å². The molecule has 1 aliphatic carbocycles. The Hall–Kier alpha value is -0.340. The van der Waals surface area contributed by atoms with Crippen molar-refractivity contribution in [3.05, 3.63) is 12.2 Å². The maximum Gasteiger partial charge on any atom is 0.0249 e. The largest absolute Gasteiger partial charge is 0.298 e. The Morgan fingerprint density at radius 1 is 1.06 bits per heavy atom. The van der Waals surface area contributed by atoms with E-state index in [0.29, 0.717) is 0 Å². The van der Waals surface area contributed by atoms with Crippen LogP contribution in [0.1, 0.15) is 46.0 Å². The maximum atomic E-state index is 2.88. The quantitative estimate of drug-likeness (QED) is 0.693. The van der Waals surface area contributed by atoms with E-state index in [0.717, 1.165) is 24.0 Å². The fraction of sp³-hybridized carbons (Fsp3) is 0.875. The van der Waals surface area contributed by atoms with E-state index in [1.54, 1.807) is 0 Å². The third-order valence-electron chi connectivity index (χ3n) is 5.25. The van der Waals surface area contributed by atoms with Crippen molar-refractivity contribution in [2.75, 3.05) is 19.6 Å².